The van der Waals surface area contributed by atoms with E-state index in [0.29, 0.717) is 4.88 Å². The topological polar surface area (TPSA) is 49.9 Å². The fourth-order valence-electron chi connectivity index (χ4n) is 2.78. The number of thiophene rings is 1. The maximum Gasteiger partial charge on any atom is 0.348 e. The molecule has 1 amide bonds. The lowest BCUT2D eigenvalue weighted by Crippen LogP contribution is -2.41. The van der Waals surface area contributed by atoms with Crippen molar-refractivity contribution in [3.63, 3.8) is 0 Å². The number of ether oxygens (including phenoxy) is 1. The van der Waals surface area contributed by atoms with Gasteiger partial charge in [0, 0.05) is 38.1 Å². The summed E-state index contributed by atoms with van der Waals surface area (Å²) in [6.45, 7) is 9.94. The van der Waals surface area contributed by atoms with Crippen molar-refractivity contribution in [1.29, 1.82) is 0 Å². The second-order valence-corrected chi connectivity index (χ2v) is 7.85. The summed E-state index contributed by atoms with van der Waals surface area (Å²) in [5, 5.41) is 1.93. The van der Waals surface area contributed by atoms with Gasteiger partial charge in [-0.3, -0.25) is 9.69 Å². The molecule has 1 aliphatic heterocycles. The van der Waals surface area contributed by atoms with Gasteiger partial charge >= 0.3 is 5.97 Å². The molecule has 1 saturated heterocycles. The molecular formula is C17H26N2O3S. The number of carbonyl (C=O) groups excluding carboxylic acids is 2. The maximum absolute atomic E-state index is 12.4. The van der Waals surface area contributed by atoms with Gasteiger partial charge in [-0.2, -0.15) is 0 Å². The summed E-state index contributed by atoms with van der Waals surface area (Å²) in [6, 6.07) is 1.99. The summed E-state index contributed by atoms with van der Waals surface area (Å²) in [6.07, 6.45) is 0.958. The molecule has 6 heteroatoms. The van der Waals surface area contributed by atoms with Crippen LogP contribution in [0, 0.1) is 5.41 Å². The minimum absolute atomic E-state index is 0.213. The highest BCUT2D eigenvalue weighted by molar-refractivity contribution is 7.12. The number of hydrogen-bond acceptors (Lipinski definition) is 5. The Hall–Kier alpha value is -1.40. The summed E-state index contributed by atoms with van der Waals surface area (Å²) < 4.78 is 4.84. The van der Waals surface area contributed by atoms with Crippen LogP contribution >= 0.6 is 11.3 Å². The summed E-state index contributed by atoms with van der Waals surface area (Å²) in [5.41, 5.74) is 0.679. The van der Waals surface area contributed by atoms with Gasteiger partial charge in [-0.05, 0) is 23.4 Å². The zero-order valence-corrected chi connectivity index (χ0v) is 15.2. The van der Waals surface area contributed by atoms with E-state index in [-0.39, 0.29) is 17.3 Å². The molecule has 5 nitrogen and oxygen atoms in total. The van der Waals surface area contributed by atoms with Gasteiger partial charge in [-0.15, -0.1) is 11.3 Å². The van der Waals surface area contributed by atoms with Crippen LogP contribution in [0.5, 0.6) is 0 Å². The Labute approximate surface area is 142 Å². The smallest absolute Gasteiger partial charge is 0.348 e. The highest BCUT2D eigenvalue weighted by Gasteiger charge is 2.28. The predicted molar refractivity (Wildman–Crippen MR) is 91.6 cm³/mol. The lowest BCUT2D eigenvalue weighted by Gasteiger charge is -2.28. The molecule has 0 N–H and O–H groups in total. The normalized spacial score (nSPS) is 17.0. The van der Waals surface area contributed by atoms with Crippen LogP contribution in [0.15, 0.2) is 11.4 Å². The number of methoxy groups -OCH3 is 1. The first-order valence-corrected chi connectivity index (χ1v) is 8.87. The number of rotatable bonds is 3. The average Bonchev–Trinajstić information content (AvgIpc) is 2.83. The third-order valence-electron chi connectivity index (χ3n) is 4.03. The van der Waals surface area contributed by atoms with Gasteiger partial charge in [-0.25, -0.2) is 4.79 Å². The van der Waals surface area contributed by atoms with E-state index in [9.17, 15) is 9.59 Å². The van der Waals surface area contributed by atoms with Crippen molar-refractivity contribution in [3.05, 3.63) is 21.9 Å². The molecule has 0 aromatic carbocycles. The molecule has 0 radical (unpaired) electrons. The number of hydrogen-bond donors (Lipinski definition) is 0. The van der Waals surface area contributed by atoms with Crippen molar-refractivity contribution in [1.82, 2.24) is 9.80 Å². The van der Waals surface area contributed by atoms with Gasteiger partial charge in [0.05, 0.1) is 7.11 Å². The number of carbonyl (C=O) groups is 2. The molecule has 0 spiro atoms. The fraction of sp³-hybridized carbons (Fsp3) is 0.647. The first kappa shape index (κ1) is 17.9. The quantitative estimate of drug-likeness (QED) is 0.795. The van der Waals surface area contributed by atoms with Crippen LogP contribution in [0.4, 0.5) is 0 Å². The Morgan fingerprint density at radius 3 is 2.61 bits per heavy atom. The molecule has 1 aliphatic rings. The minimum Gasteiger partial charge on any atom is -0.465 e. The number of esters is 1. The summed E-state index contributed by atoms with van der Waals surface area (Å²) in [7, 11) is 1.41. The number of amides is 1. The molecule has 1 aromatic heterocycles. The summed E-state index contributed by atoms with van der Waals surface area (Å²) in [5.74, 6) is -0.0560. The molecule has 1 aromatic rings. The third-order valence-corrected chi connectivity index (χ3v) is 4.97. The van der Waals surface area contributed by atoms with Crippen molar-refractivity contribution >= 4 is 23.2 Å². The molecule has 2 heterocycles. The zero-order chi connectivity index (χ0) is 17.0. The maximum atomic E-state index is 12.4. The Balaban J connectivity index is 1.98. The molecule has 0 saturated carbocycles. The van der Waals surface area contributed by atoms with Crippen LogP contribution < -0.4 is 0 Å². The molecule has 0 unspecified atom stereocenters. The van der Waals surface area contributed by atoms with Crippen LogP contribution in [0.1, 0.15) is 42.4 Å². The van der Waals surface area contributed by atoms with Gasteiger partial charge in [0.25, 0.3) is 0 Å². The first-order valence-electron chi connectivity index (χ1n) is 7.99. The Morgan fingerprint density at radius 1 is 1.22 bits per heavy atom. The molecule has 23 heavy (non-hydrogen) atoms. The van der Waals surface area contributed by atoms with Gasteiger partial charge in [0.2, 0.25) is 5.91 Å². The van der Waals surface area contributed by atoms with Crippen LogP contribution in [0.3, 0.4) is 0 Å². The van der Waals surface area contributed by atoms with E-state index in [2.05, 4.69) is 4.90 Å². The molecule has 0 atom stereocenters. The Bertz CT molecular complexity index is 562. The van der Waals surface area contributed by atoms with Gasteiger partial charge < -0.3 is 9.64 Å². The average molecular weight is 338 g/mol. The third kappa shape index (κ3) is 4.54. The fourth-order valence-corrected chi connectivity index (χ4v) is 3.61. The van der Waals surface area contributed by atoms with Crippen LogP contribution in [0.25, 0.3) is 0 Å². The number of nitrogens with zero attached hydrogens (tertiary/aromatic N) is 2. The second kappa shape index (κ2) is 7.45. The van der Waals surface area contributed by atoms with Crippen LogP contribution in [-0.2, 0) is 16.1 Å². The van der Waals surface area contributed by atoms with E-state index in [1.165, 1.54) is 18.4 Å². The van der Waals surface area contributed by atoms with Crippen molar-refractivity contribution in [2.24, 2.45) is 5.41 Å². The van der Waals surface area contributed by atoms with Gasteiger partial charge in [-0.1, -0.05) is 20.8 Å². The first-order chi connectivity index (χ1) is 10.8. The van der Waals surface area contributed by atoms with Crippen LogP contribution in [0.2, 0.25) is 0 Å². The summed E-state index contributed by atoms with van der Waals surface area (Å²) >= 11 is 1.42. The summed E-state index contributed by atoms with van der Waals surface area (Å²) in [4.78, 5) is 29.2. The van der Waals surface area contributed by atoms with Gasteiger partial charge in [0.15, 0.2) is 0 Å². The largest absolute Gasteiger partial charge is 0.465 e. The van der Waals surface area contributed by atoms with Crippen LogP contribution in [-0.4, -0.2) is 55.0 Å². The van der Waals surface area contributed by atoms with Crippen molar-refractivity contribution in [2.45, 2.75) is 33.7 Å². The molecular weight excluding hydrogens is 312 g/mol. The molecule has 128 valence electrons. The van der Waals surface area contributed by atoms with Gasteiger partial charge in [0.1, 0.15) is 4.88 Å². The van der Waals surface area contributed by atoms with E-state index in [0.717, 1.165) is 44.7 Å². The Kier molecular flexibility index (Phi) is 5.81. The molecule has 0 bridgehead atoms. The van der Waals surface area contributed by atoms with E-state index in [4.69, 9.17) is 4.74 Å². The SMILES string of the molecule is COC(=O)c1sccc1CN1CCCN(C(=O)C(C)(C)C)CC1. The van der Waals surface area contributed by atoms with E-state index >= 15 is 0 Å². The van der Waals surface area contributed by atoms with E-state index < -0.39 is 0 Å². The lowest BCUT2D eigenvalue weighted by atomic mass is 9.94. The standard InChI is InChI=1S/C17H26N2O3S/c1-17(2,3)16(21)19-8-5-7-18(9-10-19)12-13-6-11-23-14(13)15(20)22-4/h6,11H,5,7-10,12H2,1-4H3. The predicted octanol–water partition coefficient (Wildman–Crippen LogP) is 2.62. The molecule has 0 aliphatic carbocycles. The zero-order valence-electron chi connectivity index (χ0n) is 14.4. The Morgan fingerprint density at radius 2 is 1.96 bits per heavy atom. The van der Waals surface area contributed by atoms with Crippen molar-refractivity contribution in [3.8, 4) is 0 Å². The monoisotopic (exact) mass is 338 g/mol. The molecule has 2 rings (SSSR count). The van der Waals surface area contributed by atoms with Crippen molar-refractivity contribution < 1.29 is 14.3 Å². The highest BCUT2D eigenvalue weighted by atomic mass is 32.1. The lowest BCUT2D eigenvalue weighted by molar-refractivity contribution is -0.139. The van der Waals surface area contributed by atoms with Crippen molar-refractivity contribution in [2.75, 3.05) is 33.3 Å². The highest BCUT2D eigenvalue weighted by Crippen LogP contribution is 2.22. The van der Waals surface area contributed by atoms with E-state index in [1.807, 2.05) is 37.1 Å². The minimum atomic E-state index is -0.333. The second-order valence-electron chi connectivity index (χ2n) is 6.94. The van der Waals surface area contributed by atoms with E-state index in [1.54, 1.807) is 0 Å². The molecule has 1 fully saturated rings.